The Balaban J connectivity index is 2.54. The zero-order valence-corrected chi connectivity index (χ0v) is 11.1. The molecule has 1 atom stereocenters. The fourth-order valence-corrected chi connectivity index (χ4v) is 6.08. The molecule has 0 aromatic carbocycles. The largest absolute Gasteiger partial charge is 0.437 e. The summed E-state index contributed by atoms with van der Waals surface area (Å²) in [6, 6.07) is 0. The topological polar surface area (TPSA) is 38.3 Å². The minimum absolute atomic E-state index is 0.00224. The Morgan fingerprint density at radius 1 is 1.62 bits per heavy atom. The summed E-state index contributed by atoms with van der Waals surface area (Å²) in [5, 5.41) is 2.67. The molecule has 1 amide bonds. The number of carbonyl (C=O) groups excluding carboxylic acids is 1. The average molecular weight is 255 g/mol. The number of amides is 1. The number of hydrogen-bond donors (Lipinski definition) is 1. The van der Waals surface area contributed by atoms with Crippen LogP contribution in [-0.4, -0.2) is 24.2 Å². The van der Waals surface area contributed by atoms with Gasteiger partial charge in [-0.2, -0.15) is 5.92 Å². The van der Waals surface area contributed by atoms with E-state index in [1.807, 2.05) is 0 Å². The highest BCUT2D eigenvalue weighted by Gasteiger charge is 2.22. The molecule has 0 radical (unpaired) electrons. The molecule has 1 N–H and O–H groups in total. The van der Waals surface area contributed by atoms with Crippen molar-refractivity contribution in [1.82, 2.24) is 5.32 Å². The Kier molecular flexibility index (Phi) is 5.26. The van der Waals surface area contributed by atoms with Crippen LogP contribution in [0.2, 0.25) is 0 Å². The van der Waals surface area contributed by atoms with Gasteiger partial charge in [-0.05, 0) is 10.1 Å². The molecule has 16 heavy (non-hydrogen) atoms. The van der Waals surface area contributed by atoms with E-state index in [4.69, 9.17) is 11.2 Å². The summed E-state index contributed by atoms with van der Waals surface area (Å²) in [5.74, 6) is 8.20. The van der Waals surface area contributed by atoms with Gasteiger partial charge < -0.3 is 10.1 Å². The summed E-state index contributed by atoms with van der Waals surface area (Å²) in [7, 11) is 0.295. The predicted octanol–water partition coefficient (Wildman–Crippen LogP) is 1.86. The third-order valence-corrected chi connectivity index (χ3v) is 8.62. The second-order valence-electron chi connectivity index (χ2n) is 2.82. The standard InChI is InChI=1S/C11H14NO2PS/c1-4-8-14-11(13)12-10-7-9-15(10)16(5-2)6-3/h1H,5-6,8H2,2-3H3,(H,12,13). The molecule has 0 aromatic rings. The van der Waals surface area contributed by atoms with E-state index >= 15 is 0 Å². The van der Waals surface area contributed by atoms with Gasteiger partial charge in [0.15, 0.2) is 6.61 Å². The second kappa shape index (κ2) is 6.48. The molecule has 0 bridgehead atoms. The van der Waals surface area contributed by atoms with Crippen molar-refractivity contribution in [3.05, 3.63) is 5.78 Å². The lowest BCUT2D eigenvalue weighted by atomic mass is 10.6. The quantitative estimate of drug-likeness (QED) is 0.473. The van der Waals surface area contributed by atoms with Crippen LogP contribution in [0.1, 0.15) is 13.8 Å². The number of alkyl carbamates (subject to hydrolysis) is 1. The third kappa shape index (κ3) is 3.20. The summed E-state index contributed by atoms with van der Waals surface area (Å²) < 4.78 is 4.73. The molecule has 1 rings (SSSR count). The number of rotatable bonds is 4. The van der Waals surface area contributed by atoms with E-state index < -0.39 is 12.8 Å². The molecule has 3 nitrogen and oxygen atoms in total. The normalized spacial score (nSPS) is 14.6. The van der Waals surface area contributed by atoms with Gasteiger partial charge in [0.2, 0.25) is 0 Å². The highest BCUT2D eigenvalue weighted by atomic mass is 32.5. The van der Waals surface area contributed by atoms with Gasteiger partial charge in [0.25, 0.3) is 0 Å². The molecule has 86 valence electrons. The number of carbonyl (C=O) groups is 1. The third-order valence-electron chi connectivity index (χ3n) is 1.91. The molecular weight excluding hydrogens is 241 g/mol. The monoisotopic (exact) mass is 255 g/mol. The van der Waals surface area contributed by atoms with Crippen LogP contribution in [-0.2, 0) is 14.8 Å². The lowest BCUT2D eigenvalue weighted by molar-refractivity contribution is 0.163. The van der Waals surface area contributed by atoms with Crippen LogP contribution >= 0.6 is 6.70 Å². The first-order valence-electron chi connectivity index (χ1n) is 4.96. The minimum atomic E-state index is -0.495. The predicted molar refractivity (Wildman–Crippen MR) is 69.7 cm³/mol. The first-order valence-corrected chi connectivity index (χ1v) is 8.47. The summed E-state index contributed by atoms with van der Waals surface area (Å²) in [6.45, 7) is 3.86. The van der Waals surface area contributed by atoms with Crippen molar-refractivity contribution in [3.63, 3.8) is 0 Å². The van der Waals surface area contributed by atoms with Crippen molar-refractivity contribution in [2.75, 3.05) is 18.1 Å². The van der Waals surface area contributed by atoms with Gasteiger partial charge in [-0.3, -0.25) is 0 Å². The van der Waals surface area contributed by atoms with E-state index in [0.717, 1.165) is 17.3 Å². The summed E-state index contributed by atoms with van der Waals surface area (Å²) in [4.78, 5) is 11.2. The van der Waals surface area contributed by atoms with Crippen LogP contribution in [0.4, 0.5) is 4.79 Å². The van der Waals surface area contributed by atoms with Gasteiger partial charge in [0.05, 0.1) is 6.70 Å². The fraction of sp³-hybridized carbons (Fsp3) is 0.455. The Bertz CT molecular complexity index is 408. The highest BCUT2D eigenvalue weighted by Crippen LogP contribution is 2.43. The zero-order chi connectivity index (χ0) is 12.0. The van der Waals surface area contributed by atoms with Crippen LogP contribution in [0.25, 0.3) is 0 Å². The van der Waals surface area contributed by atoms with Crippen LogP contribution in [0, 0.1) is 29.7 Å². The Morgan fingerprint density at radius 2 is 2.31 bits per heavy atom. The molecule has 0 saturated heterocycles. The van der Waals surface area contributed by atoms with Crippen molar-refractivity contribution in [1.29, 1.82) is 0 Å². The Hall–Kier alpha value is -1.09. The Morgan fingerprint density at radius 3 is 2.75 bits per heavy atom. The maximum atomic E-state index is 11.2. The highest BCUT2D eigenvalue weighted by molar-refractivity contribution is 8.29. The molecule has 1 aliphatic rings. The molecule has 0 spiro atoms. The summed E-state index contributed by atoms with van der Waals surface area (Å²) in [6.07, 6.45) is 4.49. The van der Waals surface area contributed by atoms with Crippen molar-refractivity contribution >= 4 is 22.9 Å². The molecule has 5 heteroatoms. The van der Waals surface area contributed by atoms with Crippen molar-refractivity contribution in [2.45, 2.75) is 13.8 Å². The van der Waals surface area contributed by atoms with Crippen LogP contribution in [0.3, 0.4) is 0 Å². The van der Waals surface area contributed by atoms with Gasteiger partial charge in [0, 0.05) is 11.5 Å². The zero-order valence-electron chi connectivity index (χ0n) is 9.37. The van der Waals surface area contributed by atoms with Gasteiger partial charge in [-0.15, -0.1) is 6.42 Å². The first-order chi connectivity index (χ1) is 7.72. The fourth-order valence-electron chi connectivity index (χ4n) is 1.14. The molecule has 1 unspecified atom stereocenters. The van der Waals surface area contributed by atoms with Crippen LogP contribution in [0.5, 0.6) is 0 Å². The molecular formula is C11H14NO2PS. The van der Waals surface area contributed by atoms with E-state index in [2.05, 4.69) is 36.7 Å². The maximum Gasteiger partial charge on any atom is 0.399 e. The molecule has 0 aromatic heterocycles. The lowest BCUT2D eigenvalue weighted by Gasteiger charge is -2.21. The molecule has 0 aliphatic carbocycles. The second-order valence-corrected chi connectivity index (χ2v) is 8.81. The van der Waals surface area contributed by atoms with E-state index in [1.165, 1.54) is 0 Å². The van der Waals surface area contributed by atoms with E-state index in [0.29, 0.717) is 10.1 Å². The summed E-state index contributed by atoms with van der Waals surface area (Å²) in [5.41, 5.74) is 3.14. The van der Waals surface area contributed by atoms with Gasteiger partial charge in [-0.1, -0.05) is 25.4 Å². The number of hydrogen-bond acceptors (Lipinski definition) is 2. The number of ether oxygens (including phenoxy) is 1. The van der Waals surface area contributed by atoms with Gasteiger partial charge >= 0.3 is 6.09 Å². The SMILES string of the molecule is C#CCOC(=O)N[C-]1C#C[P+]1=S(CC)CC. The van der Waals surface area contributed by atoms with Crippen LogP contribution in [0.15, 0.2) is 0 Å². The smallest absolute Gasteiger partial charge is 0.399 e. The first kappa shape index (κ1) is 13.0. The van der Waals surface area contributed by atoms with Crippen LogP contribution < -0.4 is 5.32 Å². The average Bonchev–Trinajstić information content (AvgIpc) is 2.28. The lowest BCUT2D eigenvalue weighted by Crippen LogP contribution is -2.29. The molecule has 1 aliphatic heterocycles. The number of terminal acetylenes is 1. The molecule has 1 heterocycles. The van der Waals surface area contributed by atoms with Crippen molar-refractivity contribution < 1.29 is 9.53 Å². The van der Waals surface area contributed by atoms with E-state index in [-0.39, 0.29) is 6.61 Å². The van der Waals surface area contributed by atoms with Gasteiger partial charge in [-0.25, -0.2) is 4.79 Å². The van der Waals surface area contributed by atoms with Crippen molar-refractivity contribution in [3.8, 4) is 23.9 Å². The minimum Gasteiger partial charge on any atom is -0.437 e. The Labute approximate surface area is 99.7 Å². The van der Waals surface area contributed by atoms with E-state index in [9.17, 15) is 4.79 Å². The summed E-state index contributed by atoms with van der Waals surface area (Å²) >= 11 is 0. The maximum absolute atomic E-state index is 11.2. The molecule has 0 fully saturated rings. The van der Waals surface area contributed by atoms with Gasteiger partial charge in [0.1, 0.15) is 5.78 Å². The molecule has 0 saturated carbocycles. The van der Waals surface area contributed by atoms with Crippen molar-refractivity contribution in [2.24, 2.45) is 0 Å². The van der Waals surface area contributed by atoms with E-state index in [1.54, 1.807) is 0 Å². The number of nitrogens with one attached hydrogen (secondary N) is 1.